The minimum absolute atomic E-state index is 0.216. The van der Waals surface area contributed by atoms with Crippen molar-refractivity contribution in [3.63, 3.8) is 0 Å². The van der Waals surface area contributed by atoms with E-state index < -0.39 is 0 Å². The van der Waals surface area contributed by atoms with Crippen LogP contribution in [-0.4, -0.2) is 22.2 Å². The summed E-state index contributed by atoms with van der Waals surface area (Å²) in [6.07, 6.45) is 0.671. The number of amides is 1. The van der Waals surface area contributed by atoms with Gasteiger partial charge in [0.15, 0.2) is 5.69 Å². The van der Waals surface area contributed by atoms with Crippen molar-refractivity contribution in [2.75, 3.05) is 6.54 Å². The first-order valence-corrected chi connectivity index (χ1v) is 10.1. The van der Waals surface area contributed by atoms with Crippen molar-refractivity contribution >= 4 is 28.3 Å². The number of fused-ring (bicyclic) bond motifs is 1. The normalized spacial score (nSPS) is 10.8. The molecule has 0 unspecified atom stereocenters. The molecule has 3 aromatic carbocycles. The molecule has 1 heterocycles. The van der Waals surface area contributed by atoms with Crippen LogP contribution in [0, 0.1) is 0 Å². The summed E-state index contributed by atoms with van der Waals surface area (Å²) >= 11 is 5.91. The summed E-state index contributed by atoms with van der Waals surface area (Å²) in [6, 6.07) is 24.2. The van der Waals surface area contributed by atoms with E-state index >= 15 is 0 Å². The predicted molar refractivity (Wildman–Crippen MR) is 119 cm³/mol. The smallest absolute Gasteiger partial charge is 0.274 e. The fourth-order valence-corrected chi connectivity index (χ4v) is 3.45. The molecule has 30 heavy (non-hydrogen) atoms. The highest BCUT2D eigenvalue weighted by molar-refractivity contribution is 6.30. The summed E-state index contributed by atoms with van der Waals surface area (Å²) in [6.45, 7) is 0.754. The molecular weight excluding hydrogens is 398 g/mol. The van der Waals surface area contributed by atoms with E-state index in [1.165, 1.54) is 4.68 Å². The summed E-state index contributed by atoms with van der Waals surface area (Å²) < 4.78 is 1.35. The van der Waals surface area contributed by atoms with Crippen LogP contribution in [0.25, 0.3) is 10.8 Å². The standard InChI is InChI=1S/C24H20ClN3O2/c25-19-12-10-17(11-13-19)14-15-26-23(29)22-20-8-4-5-9-21(20)24(30)28(27-22)16-18-6-2-1-3-7-18/h1-13H,14-16H2,(H,26,29). The number of rotatable bonds is 6. The molecule has 1 amide bonds. The number of hydrogen-bond acceptors (Lipinski definition) is 3. The molecule has 5 nitrogen and oxygen atoms in total. The maximum Gasteiger partial charge on any atom is 0.274 e. The second-order valence-corrected chi connectivity index (χ2v) is 7.41. The van der Waals surface area contributed by atoms with E-state index in [1.54, 1.807) is 24.3 Å². The average Bonchev–Trinajstić information content (AvgIpc) is 2.78. The van der Waals surface area contributed by atoms with E-state index in [2.05, 4.69) is 10.4 Å². The SMILES string of the molecule is O=C(NCCc1ccc(Cl)cc1)c1nn(Cc2ccccc2)c(=O)c2ccccc12. The first kappa shape index (κ1) is 19.9. The Kier molecular flexibility index (Phi) is 5.91. The van der Waals surface area contributed by atoms with E-state index in [-0.39, 0.29) is 17.2 Å². The van der Waals surface area contributed by atoms with Crippen LogP contribution >= 0.6 is 11.6 Å². The molecule has 0 spiro atoms. The van der Waals surface area contributed by atoms with E-state index in [4.69, 9.17) is 11.6 Å². The van der Waals surface area contributed by atoms with Crippen LogP contribution < -0.4 is 10.9 Å². The number of carbonyl (C=O) groups excluding carboxylic acids is 1. The van der Waals surface area contributed by atoms with Gasteiger partial charge >= 0.3 is 0 Å². The van der Waals surface area contributed by atoms with Crippen LogP contribution in [-0.2, 0) is 13.0 Å². The lowest BCUT2D eigenvalue weighted by atomic mass is 10.1. The van der Waals surface area contributed by atoms with Gasteiger partial charge in [-0.2, -0.15) is 5.10 Å². The van der Waals surface area contributed by atoms with Gasteiger partial charge in [0, 0.05) is 17.0 Å². The minimum atomic E-state index is -0.304. The van der Waals surface area contributed by atoms with Crippen LogP contribution in [0.1, 0.15) is 21.6 Å². The molecule has 150 valence electrons. The molecule has 0 saturated carbocycles. The lowest BCUT2D eigenvalue weighted by molar-refractivity contribution is 0.0948. The Morgan fingerprint density at radius 1 is 0.867 bits per heavy atom. The largest absolute Gasteiger partial charge is 0.350 e. The van der Waals surface area contributed by atoms with E-state index in [9.17, 15) is 9.59 Å². The summed E-state index contributed by atoms with van der Waals surface area (Å²) in [7, 11) is 0. The highest BCUT2D eigenvalue weighted by Gasteiger charge is 2.16. The number of aromatic nitrogens is 2. The molecule has 0 fully saturated rings. The molecule has 0 bridgehead atoms. The third-order valence-corrected chi connectivity index (χ3v) is 5.12. The fourth-order valence-electron chi connectivity index (χ4n) is 3.32. The molecule has 6 heteroatoms. The van der Waals surface area contributed by atoms with Crippen molar-refractivity contribution in [1.29, 1.82) is 0 Å². The number of nitrogens with zero attached hydrogens (tertiary/aromatic N) is 2. The van der Waals surface area contributed by atoms with Crippen LogP contribution in [0.3, 0.4) is 0 Å². The van der Waals surface area contributed by atoms with Gasteiger partial charge in [-0.3, -0.25) is 9.59 Å². The first-order chi connectivity index (χ1) is 14.6. The van der Waals surface area contributed by atoms with Crippen molar-refractivity contribution in [2.24, 2.45) is 0 Å². The molecular formula is C24H20ClN3O2. The highest BCUT2D eigenvalue weighted by atomic mass is 35.5. The lowest BCUT2D eigenvalue weighted by Crippen LogP contribution is -2.32. The van der Waals surface area contributed by atoms with Gasteiger partial charge in [0.1, 0.15) is 0 Å². The van der Waals surface area contributed by atoms with Crippen LogP contribution in [0.2, 0.25) is 5.02 Å². The van der Waals surface area contributed by atoms with Gasteiger partial charge in [0.05, 0.1) is 11.9 Å². The molecule has 0 radical (unpaired) electrons. The average molecular weight is 418 g/mol. The molecule has 0 aliphatic rings. The van der Waals surface area contributed by atoms with Gasteiger partial charge < -0.3 is 5.32 Å². The monoisotopic (exact) mass is 417 g/mol. The zero-order valence-corrected chi connectivity index (χ0v) is 17.0. The number of nitrogens with one attached hydrogen (secondary N) is 1. The second-order valence-electron chi connectivity index (χ2n) is 6.97. The third-order valence-electron chi connectivity index (χ3n) is 4.87. The molecule has 0 aliphatic carbocycles. The maximum atomic E-state index is 12.9. The Balaban J connectivity index is 1.60. The number of carbonyl (C=O) groups is 1. The molecule has 1 N–H and O–H groups in total. The van der Waals surface area contributed by atoms with Crippen LogP contribution in [0.5, 0.6) is 0 Å². The number of hydrogen-bond donors (Lipinski definition) is 1. The van der Waals surface area contributed by atoms with E-state index in [1.807, 2.05) is 54.6 Å². The molecule has 0 saturated heterocycles. The Morgan fingerprint density at radius 2 is 1.53 bits per heavy atom. The summed E-state index contributed by atoms with van der Waals surface area (Å²) in [5, 5.41) is 9.03. The Labute approximate surface area is 178 Å². The lowest BCUT2D eigenvalue weighted by Gasteiger charge is -2.11. The van der Waals surface area contributed by atoms with E-state index in [0.717, 1.165) is 11.1 Å². The van der Waals surface area contributed by atoms with Gasteiger partial charge in [0.2, 0.25) is 0 Å². The van der Waals surface area contributed by atoms with Crippen molar-refractivity contribution in [3.8, 4) is 0 Å². The van der Waals surface area contributed by atoms with Crippen LogP contribution in [0.15, 0.2) is 83.7 Å². The molecule has 4 aromatic rings. The Morgan fingerprint density at radius 3 is 2.27 bits per heavy atom. The van der Waals surface area contributed by atoms with E-state index in [0.29, 0.717) is 35.3 Å². The topological polar surface area (TPSA) is 64.0 Å². The first-order valence-electron chi connectivity index (χ1n) is 9.68. The van der Waals surface area contributed by atoms with Crippen molar-refractivity contribution in [2.45, 2.75) is 13.0 Å². The fraction of sp³-hybridized carbons (Fsp3) is 0.125. The number of benzene rings is 3. The summed E-state index contributed by atoms with van der Waals surface area (Å²) in [5.74, 6) is -0.304. The van der Waals surface area contributed by atoms with Gasteiger partial charge in [0.25, 0.3) is 11.5 Å². The summed E-state index contributed by atoms with van der Waals surface area (Å²) in [4.78, 5) is 25.8. The van der Waals surface area contributed by atoms with Crippen molar-refractivity contribution in [1.82, 2.24) is 15.1 Å². The highest BCUT2D eigenvalue weighted by Crippen LogP contribution is 2.14. The second kappa shape index (κ2) is 8.93. The summed E-state index contributed by atoms with van der Waals surface area (Å²) in [5.41, 5.74) is 2.05. The van der Waals surface area contributed by atoms with Crippen molar-refractivity contribution < 1.29 is 4.79 Å². The number of halogens is 1. The molecule has 4 rings (SSSR count). The quantitative estimate of drug-likeness (QED) is 0.514. The Hall–Kier alpha value is -3.44. The zero-order valence-electron chi connectivity index (χ0n) is 16.2. The maximum absolute atomic E-state index is 12.9. The minimum Gasteiger partial charge on any atom is -0.350 e. The third kappa shape index (κ3) is 4.42. The van der Waals surface area contributed by atoms with Crippen LogP contribution in [0.4, 0.5) is 0 Å². The van der Waals surface area contributed by atoms with Gasteiger partial charge in [-0.1, -0.05) is 72.3 Å². The molecule has 0 aliphatic heterocycles. The van der Waals surface area contributed by atoms with Gasteiger partial charge in [-0.05, 0) is 35.7 Å². The predicted octanol–water partition coefficient (Wildman–Crippen LogP) is 4.07. The zero-order chi connectivity index (χ0) is 20.9. The van der Waals surface area contributed by atoms with Crippen molar-refractivity contribution in [3.05, 3.63) is 111 Å². The molecule has 1 aromatic heterocycles. The Bertz CT molecular complexity index is 1240. The van der Waals surface area contributed by atoms with Gasteiger partial charge in [-0.25, -0.2) is 4.68 Å². The molecule has 0 atom stereocenters. The van der Waals surface area contributed by atoms with Gasteiger partial charge in [-0.15, -0.1) is 0 Å².